The van der Waals surface area contributed by atoms with Gasteiger partial charge in [0.1, 0.15) is 11.6 Å². The monoisotopic (exact) mass is 465 g/mol. The Bertz CT molecular complexity index is 870. The number of anilines is 1. The summed E-state index contributed by atoms with van der Waals surface area (Å²) >= 11 is 9.10. The topological polar surface area (TPSA) is 36.4 Å². The molecule has 0 atom stereocenters. The maximum absolute atomic E-state index is 14.0. The van der Waals surface area contributed by atoms with Crippen LogP contribution in [0.2, 0.25) is 5.02 Å². The van der Waals surface area contributed by atoms with Crippen molar-refractivity contribution in [3.05, 3.63) is 56.9 Å². The molecule has 2 aromatic rings. The molecule has 4 nitrogen and oxygen atoms in total. The maximum Gasteiger partial charge on any atom is 0.417 e. The SMILES string of the molecule is O=C(c1ccc(Br)cc1F)N1CCN(c2ncc(C(F)(F)F)cc2Cl)CC1. The Morgan fingerprint density at radius 2 is 1.81 bits per heavy atom. The first kappa shape index (κ1) is 19.9. The number of alkyl halides is 3. The molecule has 1 aliphatic rings. The van der Waals surface area contributed by atoms with Crippen molar-refractivity contribution in [3.63, 3.8) is 0 Å². The van der Waals surface area contributed by atoms with Gasteiger partial charge in [0.05, 0.1) is 16.1 Å². The fourth-order valence-electron chi connectivity index (χ4n) is 2.77. The number of benzene rings is 1. The number of piperazine rings is 1. The Balaban J connectivity index is 1.69. The number of carbonyl (C=O) groups is 1. The molecule has 10 heteroatoms. The van der Waals surface area contributed by atoms with Gasteiger partial charge < -0.3 is 9.80 Å². The van der Waals surface area contributed by atoms with E-state index in [-0.39, 0.29) is 29.5 Å². The van der Waals surface area contributed by atoms with Crippen molar-refractivity contribution < 1.29 is 22.4 Å². The minimum absolute atomic E-state index is 0.0302. The summed E-state index contributed by atoms with van der Waals surface area (Å²) in [6, 6.07) is 5.04. The van der Waals surface area contributed by atoms with Crippen molar-refractivity contribution >= 4 is 39.3 Å². The Morgan fingerprint density at radius 3 is 2.37 bits per heavy atom. The molecule has 0 bridgehead atoms. The first-order valence-electron chi connectivity index (χ1n) is 7.89. The van der Waals surface area contributed by atoms with E-state index in [9.17, 15) is 22.4 Å². The van der Waals surface area contributed by atoms with Crippen LogP contribution in [-0.2, 0) is 6.18 Å². The number of aromatic nitrogens is 1. The minimum Gasteiger partial charge on any atom is -0.352 e. The van der Waals surface area contributed by atoms with Crippen LogP contribution < -0.4 is 4.90 Å². The smallest absolute Gasteiger partial charge is 0.352 e. The van der Waals surface area contributed by atoms with Gasteiger partial charge in [0.2, 0.25) is 0 Å². The zero-order valence-corrected chi connectivity index (χ0v) is 16.1. The molecule has 2 heterocycles. The lowest BCUT2D eigenvalue weighted by atomic mass is 10.1. The predicted molar refractivity (Wildman–Crippen MR) is 96.5 cm³/mol. The highest BCUT2D eigenvalue weighted by molar-refractivity contribution is 9.10. The summed E-state index contributed by atoms with van der Waals surface area (Å²) in [5.74, 6) is -0.832. The zero-order valence-electron chi connectivity index (χ0n) is 13.7. The lowest BCUT2D eigenvalue weighted by Gasteiger charge is -2.36. The first-order chi connectivity index (χ1) is 12.7. The number of halogens is 6. The summed E-state index contributed by atoms with van der Waals surface area (Å²) in [5.41, 5.74) is -0.951. The van der Waals surface area contributed by atoms with Crippen molar-refractivity contribution in [2.45, 2.75) is 6.18 Å². The number of nitrogens with zero attached hydrogens (tertiary/aromatic N) is 3. The number of pyridine rings is 1. The molecule has 1 aromatic carbocycles. The molecule has 0 unspecified atom stereocenters. The van der Waals surface area contributed by atoms with E-state index in [4.69, 9.17) is 11.6 Å². The second-order valence-electron chi connectivity index (χ2n) is 5.93. The third-order valence-electron chi connectivity index (χ3n) is 4.18. The number of hydrogen-bond donors (Lipinski definition) is 0. The lowest BCUT2D eigenvalue weighted by molar-refractivity contribution is -0.137. The average molecular weight is 467 g/mol. The van der Waals surface area contributed by atoms with Gasteiger partial charge in [-0.05, 0) is 24.3 Å². The van der Waals surface area contributed by atoms with Crippen LogP contribution in [0, 0.1) is 5.82 Å². The molecule has 27 heavy (non-hydrogen) atoms. The molecule has 1 saturated heterocycles. The van der Waals surface area contributed by atoms with Crippen LogP contribution in [0.15, 0.2) is 34.9 Å². The molecule has 1 aliphatic heterocycles. The second kappa shape index (κ2) is 7.63. The van der Waals surface area contributed by atoms with Crippen molar-refractivity contribution in [2.75, 3.05) is 31.1 Å². The van der Waals surface area contributed by atoms with Crippen molar-refractivity contribution in [2.24, 2.45) is 0 Å². The van der Waals surface area contributed by atoms with Gasteiger partial charge in [0.25, 0.3) is 5.91 Å². The maximum atomic E-state index is 14.0. The van der Waals surface area contributed by atoms with Gasteiger partial charge in [-0.3, -0.25) is 4.79 Å². The fourth-order valence-corrected chi connectivity index (χ4v) is 3.39. The summed E-state index contributed by atoms with van der Waals surface area (Å²) in [5, 5.41) is -0.108. The van der Waals surface area contributed by atoms with E-state index in [1.165, 1.54) is 17.0 Å². The third-order valence-corrected chi connectivity index (χ3v) is 4.95. The van der Waals surface area contributed by atoms with Crippen LogP contribution in [-0.4, -0.2) is 42.0 Å². The summed E-state index contributed by atoms with van der Waals surface area (Å²) in [6.45, 7) is 1.19. The van der Waals surface area contributed by atoms with Gasteiger partial charge in [-0.25, -0.2) is 9.37 Å². The molecule has 0 spiro atoms. The fraction of sp³-hybridized carbons (Fsp3) is 0.294. The number of rotatable bonds is 2. The Kier molecular flexibility index (Phi) is 5.62. The Labute approximate surface area is 165 Å². The van der Waals surface area contributed by atoms with Crippen LogP contribution >= 0.6 is 27.5 Å². The van der Waals surface area contributed by atoms with Crippen molar-refractivity contribution in [1.82, 2.24) is 9.88 Å². The second-order valence-corrected chi connectivity index (χ2v) is 7.25. The van der Waals surface area contributed by atoms with Gasteiger partial charge in [-0.1, -0.05) is 27.5 Å². The molecular formula is C17H13BrClF4N3O. The third kappa shape index (κ3) is 4.35. The van der Waals surface area contributed by atoms with E-state index < -0.39 is 23.5 Å². The number of carbonyl (C=O) groups excluding carboxylic acids is 1. The summed E-state index contributed by atoms with van der Waals surface area (Å²) in [7, 11) is 0. The zero-order chi connectivity index (χ0) is 19.8. The van der Waals surface area contributed by atoms with Gasteiger partial charge >= 0.3 is 6.18 Å². The average Bonchev–Trinajstić information content (AvgIpc) is 2.60. The lowest BCUT2D eigenvalue weighted by Crippen LogP contribution is -2.49. The number of hydrogen-bond acceptors (Lipinski definition) is 3. The largest absolute Gasteiger partial charge is 0.417 e. The van der Waals surface area contributed by atoms with Gasteiger partial charge in [0.15, 0.2) is 0 Å². The highest BCUT2D eigenvalue weighted by Crippen LogP contribution is 2.33. The van der Waals surface area contributed by atoms with E-state index in [0.717, 1.165) is 12.3 Å². The van der Waals surface area contributed by atoms with Gasteiger partial charge in [-0.15, -0.1) is 0 Å². The minimum atomic E-state index is -4.52. The molecule has 0 aliphatic carbocycles. The van der Waals surface area contributed by atoms with Crippen molar-refractivity contribution in [3.8, 4) is 0 Å². The predicted octanol–water partition coefficient (Wildman–Crippen LogP) is 4.62. The van der Waals surface area contributed by atoms with Crippen LogP contribution in [0.3, 0.4) is 0 Å². The molecule has 3 rings (SSSR count). The first-order valence-corrected chi connectivity index (χ1v) is 9.06. The van der Waals surface area contributed by atoms with E-state index >= 15 is 0 Å². The molecule has 1 amide bonds. The standard InChI is InChI=1S/C17H13BrClF4N3O/c18-11-1-2-12(14(20)8-11)16(27)26-5-3-25(4-6-26)15-13(19)7-10(9-24-15)17(21,22)23/h1-2,7-9H,3-6H2. The quantitative estimate of drug-likeness (QED) is 0.606. The number of amides is 1. The summed E-state index contributed by atoms with van der Waals surface area (Å²) in [4.78, 5) is 19.5. The summed E-state index contributed by atoms with van der Waals surface area (Å²) in [6.07, 6.45) is -3.79. The van der Waals surface area contributed by atoms with E-state index in [1.807, 2.05) is 0 Å². The highest BCUT2D eigenvalue weighted by Gasteiger charge is 2.32. The molecule has 1 aromatic heterocycles. The van der Waals surface area contributed by atoms with Crippen LogP contribution in [0.1, 0.15) is 15.9 Å². The Morgan fingerprint density at radius 1 is 1.15 bits per heavy atom. The molecular weight excluding hydrogens is 454 g/mol. The normalized spacial score (nSPS) is 15.2. The van der Waals surface area contributed by atoms with E-state index in [0.29, 0.717) is 17.6 Å². The van der Waals surface area contributed by atoms with Crippen LogP contribution in [0.5, 0.6) is 0 Å². The van der Waals surface area contributed by atoms with E-state index in [2.05, 4.69) is 20.9 Å². The van der Waals surface area contributed by atoms with Crippen LogP contribution in [0.4, 0.5) is 23.4 Å². The van der Waals surface area contributed by atoms with Crippen molar-refractivity contribution in [1.29, 1.82) is 0 Å². The molecule has 0 saturated carbocycles. The molecule has 0 radical (unpaired) electrons. The molecule has 144 valence electrons. The van der Waals surface area contributed by atoms with E-state index in [1.54, 1.807) is 11.0 Å². The highest BCUT2D eigenvalue weighted by atomic mass is 79.9. The Hall–Kier alpha value is -1.87. The molecule has 1 fully saturated rings. The van der Waals surface area contributed by atoms with Gasteiger partial charge in [0, 0.05) is 36.8 Å². The molecule has 0 N–H and O–H groups in total. The summed E-state index contributed by atoms with van der Waals surface area (Å²) < 4.78 is 52.6. The van der Waals surface area contributed by atoms with Crippen LogP contribution in [0.25, 0.3) is 0 Å². The van der Waals surface area contributed by atoms with Gasteiger partial charge in [-0.2, -0.15) is 13.2 Å².